The van der Waals surface area contributed by atoms with E-state index in [1.807, 2.05) is 20.8 Å². The van der Waals surface area contributed by atoms with E-state index >= 15 is 0 Å². The molecule has 0 fully saturated rings. The molecule has 1 aromatic heterocycles. The van der Waals surface area contributed by atoms with Gasteiger partial charge in [0.1, 0.15) is 6.33 Å². The number of rotatable bonds is 6. The molecule has 0 spiro atoms. The quantitative estimate of drug-likeness (QED) is 0.790. The van der Waals surface area contributed by atoms with Gasteiger partial charge in [-0.05, 0) is 20.8 Å². The molecular formula is C13H22N4O3. The molecule has 0 aliphatic heterocycles. The topological polar surface area (TPSA) is 85.4 Å². The van der Waals surface area contributed by atoms with Crippen molar-refractivity contribution in [3.8, 4) is 11.8 Å². The summed E-state index contributed by atoms with van der Waals surface area (Å²) in [5.41, 5.74) is 0.436. The molecule has 0 aromatic carbocycles. The van der Waals surface area contributed by atoms with E-state index in [2.05, 4.69) is 20.6 Å². The first-order valence-corrected chi connectivity index (χ1v) is 6.31. The van der Waals surface area contributed by atoms with E-state index in [9.17, 15) is 4.79 Å². The zero-order chi connectivity index (χ0) is 15.2. The molecule has 0 saturated heterocycles. The van der Waals surface area contributed by atoms with Crippen LogP contribution in [0.3, 0.4) is 0 Å². The third-order valence-electron chi connectivity index (χ3n) is 2.35. The van der Waals surface area contributed by atoms with Crippen molar-refractivity contribution in [3.05, 3.63) is 11.9 Å². The van der Waals surface area contributed by atoms with Crippen LogP contribution in [0.4, 0.5) is 0 Å². The minimum Gasteiger partial charge on any atom is -0.481 e. The molecule has 0 atom stereocenters. The van der Waals surface area contributed by atoms with Crippen LogP contribution in [0, 0.1) is 0 Å². The lowest BCUT2D eigenvalue weighted by atomic mass is 10.1. The predicted molar refractivity (Wildman–Crippen MR) is 74.7 cm³/mol. The standard InChI is InChI=1S/C13H22N4O3/c1-13(2,3)17-10(18)7-14-6-9-11(19-4)15-8-16-12(9)20-5/h8,14H,6-7H2,1-5H3,(H,17,18). The number of ether oxygens (including phenoxy) is 2. The maximum atomic E-state index is 11.7. The van der Waals surface area contributed by atoms with Gasteiger partial charge in [0.25, 0.3) is 0 Å². The Bertz CT molecular complexity index is 435. The lowest BCUT2D eigenvalue weighted by molar-refractivity contribution is -0.121. The SMILES string of the molecule is COc1ncnc(OC)c1CNCC(=O)NC(C)(C)C. The summed E-state index contributed by atoms with van der Waals surface area (Å²) in [6.07, 6.45) is 1.37. The van der Waals surface area contributed by atoms with Crippen LogP contribution in [0.5, 0.6) is 11.8 Å². The molecule has 0 aliphatic rings. The molecule has 0 radical (unpaired) electrons. The molecule has 112 valence electrons. The maximum absolute atomic E-state index is 11.7. The molecule has 0 unspecified atom stereocenters. The number of nitrogens with one attached hydrogen (secondary N) is 2. The summed E-state index contributed by atoms with van der Waals surface area (Å²) in [4.78, 5) is 19.7. The highest BCUT2D eigenvalue weighted by Gasteiger charge is 2.15. The summed E-state index contributed by atoms with van der Waals surface area (Å²) in [5, 5.41) is 5.89. The second-order valence-corrected chi connectivity index (χ2v) is 5.27. The van der Waals surface area contributed by atoms with Gasteiger partial charge in [0.05, 0.1) is 26.3 Å². The molecule has 2 N–H and O–H groups in total. The van der Waals surface area contributed by atoms with Crippen LogP contribution in [-0.2, 0) is 11.3 Å². The summed E-state index contributed by atoms with van der Waals surface area (Å²) < 4.78 is 10.3. The fourth-order valence-corrected chi connectivity index (χ4v) is 1.65. The van der Waals surface area contributed by atoms with Gasteiger partial charge in [-0.3, -0.25) is 4.79 Å². The highest BCUT2D eigenvalue weighted by atomic mass is 16.5. The Labute approximate surface area is 119 Å². The Hall–Kier alpha value is -1.89. The van der Waals surface area contributed by atoms with Crippen molar-refractivity contribution in [1.29, 1.82) is 0 Å². The van der Waals surface area contributed by atoms with Gasteiger partial charge in [-0.2, -0.15) is 0 Å². The smallest absolute Gasteiger partial charge is 0.234 e. The molecule has 0 bridgehead atoms. The Balaban J connectivity index is 2.60. The molecule has 1 amide bonds. The molecule has 0 saturated carbocycles. The van der Waals surface area contributed by atoms with Crippen molar-refractivity contribution >= 4 is 5.91 Å². The van der Waals surface area contributed by atoms with Crippen LogP contribution in [0.2, 0.25) is 0 Å². The molecule has 1 aromatic rings. The summed E-state index contributed by atoms with van der Waals surface area (Å²) in [7, 11) is 3.05. The van der Waals surface area contributed by atoms with E-state index in [4.69, 9.17) is 9.47 Å². The highest BCUT2D eigenvalue weighted by molar-refractivity contribution is 5.78. The minimum atomic E-state index is -0.246. The zero-order valence-electron chi connectivity index (χ0n) is 12.6. The third-order valence-corrected chi connectivity index (χ3v) is 2.35. The maximum Gasteiger partial charge on any atom is 0.234 e. The summed E-state index contributed by atoms with van der Waals surface area (Å²) in [6, 6.07) is 0. The largest absolute Gasteiger partial charge is 0.481 e. The fraction of sp³-hybridized carbons (Fsp3) is 0.615. The second-order valence-electron chi connectivity index (χ2n) is 5.27. The van der Waals surface area contributed by atoms with Gasteiger partial charge in [0.15, 0.2) is 0 Å². The second kappa shape index (κ2) is 7.04. The van der Waals surface area contributed by atoms with Crippen molar-refractivity contribution in [2.75, 3.05) is 20.8 Å². The number of aromatic nitrogens is 2. The van der Waals surface area contributed by atoms with Gasteiger partial charge < -0.3 is 20.1 Å². The number of nitrogens with zero attached hydrogens (tertiary/aromatic N) is 2. The van der Waals surface area contributed by atoms with Crippen LogP contribution < -0.4 is 20.1 Å². The lowest BCUT2D eigenvalue weighted by Gasteiger charge is -2.20. The van der Waals surface area contributed by atoms with E-state index in [1.165, 1.54) is 20.5 Å². The van der Waals surface area contributed by atoms with Crippen LogP contribution in [-0.4, -0.2) is 42.2 Å². The van der Waals surface area contributed by atoms with E-state index in [0.717, 1.165) is 0 Å². The van der Waals surface area contributed by atoms with Gasteiger partial charge in [-0.1, -0.05) is 0 Å². The first-order chi connectivity index (χ1) is 9.37. The first kappa shape index (κ1) is 16.2. The van der Waals surface area contributed by atoms with Crippen LogP contribution >= 0.6 is 0 Å². The molecular weight excluding hydrogens is 260 g/mol. The van der Waals surface area contributed by atoms with Gasteiger partial charge in [-0.15, -0.1) is 0 Å². The van der Waals surface area contributed by atoms with Gasteiger partial charge in [0.2, 0.25) is 17.7 Å². The number of amides is 1. The molecule has 0 aliphatic carbocycles. The Morgan fingerprint density at radius 1 is 1.20 bits per heavy atom. The Morgan fingerprint density at radius 2 is 1.75 bits per heavy atom. The molecule has 7 nitrogen and oxygen atoms in total. The number of methoxy groups -OCH3 is 2. The molecule has 7 heteroatoms. The normalized spacial score (nSPS) is 11.1. The minimum absolute atomic E-state index is 0.0766. The average molecular weight is 282 g/mol. The molecule has 20 heavy (non-hydrogen) atoms. The van der Waals surface area contributed by atoms with E-state index in [0.29, 0.717) is 23.9 Å². The van der Waals surface area contributed by atoms with Crippen molar-refractivity contribution in [1.82, 2.24) is 20.6 Å². The number of carbonyl (C=O) groups is 1. The number of hydrogen-bond acceptors (Lipinski definition) is 6. The Kier molecular flexibility index (Phi) is 5.69. The average Bonchev–Trinajstić information content (AvgIpc) is 2.36. The number of carbonyl (C=O) groups excluding carboxylic acids is 1. The Morgan fingerprint density at radius 3 is 2.20 bits per heavy atom. The summed E-state index contributed by atoms with van der Waals surface area (Å²) in [5.74, 6) is 0.786. The molecule has 1 rings (SSSR count). The van der Waals surface area contributed by atoms with E-state index in [-0.39, 0.29) is 18.0 Å². The van der Waals surface area contributed by atoms with Gasteiger partial charge in [0, 0.05) is 12.1 Å². The fourth-order valence-electron chi connectivity index (χ4n) is 1.65. The van der Waals surface area contributed by atoms with E-state index < -0.39 is 0 Å². The highest BCUT2D eigenvalue weighted by Crippen LogP contribution is 2.22. The van der Waals surface area contributed by atoms with Crippen LogP contribution in [0.1, 0.15) is 26.3 Å². The summed E-state index contributed by atoms with van der Waals surface area (Å²) in [6.45, 7) is 6.37. The van der Waals surface area contributed by atoms with Gasteiger partial charge >= 0.3 is 0 Å². The zero-order valence-corrected chi connectivity index (χ0v) is 12.6. The van der Waals surface area contributed by atoms with Crippen molar-refractivity contribution in [3.63, 3.8) is 0 Å². The third kappa shape index (κ3) is 5.00. The summed E-state index contributed by atoms with van der Waals surface area (Å²) >= 11 is 0. The molecule has 1 heterocycles. The lowest BCUT2D eigenvalue weighted by Crippen LogP contribution is -2.44. The van der Waals surface area contributed by atoms with Crippen molar-refractivity contribution in [2.45, 2.75) is 32.9 Å². The predicted octanol–water partition coefficient (Wildman–Crippen LogP) is 0.498. The van der Waals surface area contributed by atoms with Crippen LogP contribution in [0.15, 0.2) is 6.33 Å². The first-order valence-electron chi connectivity index (χ1n) is 6.31. The van der Waals surface area contributed by atoms with Gasteiger partial charge in [-0.25, -0.2) is 9.97 Å². The number of hydrogen-bond donors (Lipinski definition) is 2. The monoisotopic (exact) mass is 282 g/mol. The van der Waals surface area contributed by atoms with E-state index in [1.54, 1.807) is 0 Å². The van der Waals surface area contributed by atoms with Crippen LogP contribution in [0.25, 0.3) is 0 Å². The van der Waals surface area contributed by atoms with Crippen molar-refractivity contribution in [2.24, 2.45) is 0 Å². The van der Waals surface area contributed by atoms with Crippen molar-refractivity contribution < 1.29 is 14.3 Å².